The van der Waals surface area contributed by atoms with E-state index in [1.54, 1.807) is 7.11 Å². The summed E-state index contributed by atoms with van der Waals surface area (Å²) in [6, 6.07) is 16.1. The van der Waals surface area contributed by atoms with E-state index >= 15 is 0 Å². The molecule has 0 bridgehead atoms. The Hall–Kier alpha value is -3.35. The normalized spacial score (nSPS) is 14.0. The van der Waals surface area contributed by atoms with Gasteiger partial charge in [0.1, 0.15) is 17.4 Å². The van der Waals surface area contributed by atoms with Crippen molar-refractivity contribution >= 4 is 17.6 Å². The Balaban J connectivity index is 1.29. The van der Waals surface area contributed by atoms with Crippen molar-refractivity contribution in [3.05, 3.63) is 66.5 Å². The number of rotatable bonds is 7. The zero-order chi connectivity index (χ0) is 19.9. The van der Waals surface area contributed by atoms with Gasteiger partial charge in [-0.2, -0.15) is 4.98 Å². The van der Waals surface area contributed by atoms with Gasteiger partial charge in [-0.15, -0.1) is 0 Å². The molecule has 29 heavy (non-hydrogen) atoms. The van der Waals surface area contributed by atoms with Gasteiger partial charge >= 0.3 is 0 Å². The van der Waals surface area contributed by atoms with E-state index in [-0.39, 0.29) is 0 Å². The molecule has 7 nitrogen and oxygen atoms in total. The highest BCUT2D eigenvalue weighted by Gasteiger charge is 2.19. The number of hydrogen-bond acceptors (Lipinski definition) is 7. The van der Waals surface area contributed by atoms with Crippen molar-refractivity contribution in [1.29, 1.82) is 0 Å². The molecule has 2 aromatic heterocycles. The lowest BCUT2D eigenvalue weighted by molar-refractivity contribution is 0.414. The smallest absolute Gasteiger partial charge is 0.224 e. The second-order valence-electron chi connectivity index (χ2n) is 6.93. The lowest BCUT2D eigenvalue weighted by Gasteiger charge is -2.36. The van der Waals surface area contributed by atoms with E-state index in [9.17, 15) is 0 Å². The minimum absolute atomic E-state index is 0.670. The third kappa shape index (κ3) is 4.93. The SMILES string of the molecule is COc1ccc(CCNc2nccc(N3CCN(c4ccccn4)CC3)n2)cc1. The van der Waals surface area contributed by atoms with Crippen LogP contribution < -0.4 is 19.9 Å². The highest BCUT2D eigenvalue weighted by Crippen LogP contribution is 2.18. The molecule has 1 aliphatic heterocycles. The Morgan fingerprint density at radius 1 is 0.862 bits per heavy atom. The maximum absolute atomic E-state index is 5.20. The quantitative estimate of drug-likeness (QED) is 0.665. The fourth-order valence-electron chi connectivity index (χ4n) is 3.43. The Kier molecular flexibility index (Phi) is 6.04. The van der Waals surface area contributed by atoms with Crippen LogP contribution in [0.5, 0.6) is 5.75 Å². The van der Waals surface area contributed by atoms with Crippen molar-refractivity contribution < 1.29 is 4.74 Å². The maximum Gasteiger partial charge on any atom is 0.224 e. The molecule has 4 rings (SSSR count). The standard InChI is InChI=1S/C22H26N6O/c1-29-19-7-5-18(6-8-19)9-12-24-22-25-13-10-21(26-22)28-16-14-27(15-17-28)20-4-2-3-11-23-20/h2-8,10-11,13H,9,12,14-17H2,1H3,(H,24,25,26). The fourth-order valence-corrected chi connectivity index (χ4v) is 3.43. The Bertz CT molecular complexity index is 895. The molecule has 150 valence electrons. The predicted molar refractivity (Wildman–Crippen MR) is 116 cm³/mol. The van der Waals surface area contributed by atoms with Gasteiger partial charge in [0.15, 0.2) is 0 Å². The van der Waals surface area contributed by atoms with Crippen LogP contribution in [0.1, 0.15) is 5.56 Å². The van der Waals surface area contributed by atoms with E-state index in [1.165, 1.54) is 5.56 Å². The van der Waals surface area contributed by atoms with Gasteiger partial charge in [-0.05, 0) is 42.3 Å². The molecule has 7 heteroatoms. The number of nitrogens with one attached hydrogen (secondary N) is 1. The molecule has 3 heterocycles. The minimum atomic E-state index is 0.670. The molecule has 0 atom stereocenters. The van der Waals surface area contributed by atoms with E-state index in [0.29, 0.717) is 5.95 Å². The van der Waals surface area contributed by atoms with Crippen LogP contribution >= 0.6 is 0 Å². The van der Waals surface area contributed by atoms with Gasteiger partial charge in [0.25, 0.3) is 0 Å². The number of aromatic nitrogens is 3. The van der Waals surface area contributed by atoms with E-state index in [1.807, 2.05) is 42.7 Å². The van der Waals surface area contributed by atoms with Crippen molar-refractivity contribution in [3.8, 4) is 5.75 Å². The van der Waals surface area contributed by atoms with Crippen molar-refractivity contribution in [1.82, 2.24) is 15.0 Å². The molecule has 1 N–H and O–H groups in total. The summed E-state index contributed by atoms with van der Waals surface area (Å²) in [6.07, 6.45) is 4.57. The van der Waals surface area contributed by atoms with Crippen LogP contribution in [0.15, 0.2) is 60.9 Å². The van der Waals surface area contributed by atoms with Crippen LogP contribution in [0, 0.1) is 0 Å². The van der Waals surface area contributed by atoms with Crippen molar-refractivity contribution in [3.63, 3.8) is 0 Å². The van der Waals surface area contributed by atoms with E-state index in [2.05, 4.69) is 43.3 Å². The summed E-state index contributed by atoms with van der Waals surface area (Å²) in [5.41, 5.74) is 1.25. The highest BCUT2D eigenvalue weighted by atomic mass is 16.5. The summed E-state index contributed by atoms with van der Waals surface area (Å²) in [5.74, 6) is 3.55. The summed E-state index contributed by atoms with van der Waals surface area (Å²) in [5, 5.41) is 3.34. The highest BCUT2D eigenvalue weighted by molar-refractivity contribution is 5.46. The topological polar surface area (TPSA) is 66.4 Å². The summed E-state index contributed by atoms with van der Waals surface area (Å²) < 4.78 is 5.20. The number of methoxy groups -OCH3 is 1. The second kappa shape index (κ2) is 9.23. The van der Waals surface area contributed by atoms with Crippen LogP contribution in [0.4, 0.5) is 17.6 Å². The molecule has 0 spiro atoms. The van der Waals surface area contributed by atoms with Gasteiger partial charge in [-0.25, -0.2) is 9.97 Å². The van der Waals surface area contributed by atoms with Gasteiger partial charge in [0, 0.05) is 45.1 Å². The molecule has 0 radical (unpaired) electrons. The number of anilines is 3. The number of ether oxygens (including phenoxy) is 1. The molecule has 1 saturated heterocycles. The largest absolute Gasteiger partial charge is 0.497 e. The van der Waals surface area contributed by atoms with E-state index in [4.69, 9.17) is 9.72 Å². The van der Waals surface area contributed by atoms with E-state index < -0.39 is 0 Å². The van der Waals surface area contributed by atoms with Gasteiger partial charge in [0.05, 0.1) is 7.11 Å². The second-order valence-corrected chi connectivity index (χ2v) is 6.93. The molecular weight excluding hydrogens is 364 g/mol. The lowest BCUT2D eigenvalue weighted by Crippen LogP contribution is -2.47. The summed E-state index contributed by atoms with van der Waals surface area (Å²) in [4.78, 5) is 18.1. The van der Waals surface area contributed by atoms with Crippen molar-refractivity contribution in [2.45, 2.75) is 6.42 Å². The molecule has 1 fully saturated rings. The molecular formula is C22H26N6O. The minimum Gasteiger partial charge on any atom is -0.497 e. The first-order valence-electron chi connectivity index (χ1n) is 9.92. The molecule has 1 aliphatic rings. The first kappa shape index (κ1) is 19.0. The summed E-state index contributed by atoms with van der Waals surface area (Å²) >= 11 is 0. The third-order valence-electron chi connectivity index (χ3n) is 5.07. The Morgan fingerprint density at radius 2 is 1.62 bits per heavy atom. The maximum atomic E-state index is 5.20. The monoisotopic (exact) mass is 390 g/mol. The summed E-state index contributed by atoms with van der Waals surface area (Å²) in [7, 11) is 1.68. The zero-order valence-corrected chi connectivity index (χ0v) is 16.7. The molecule has 0 aliphatic carbocycles. The lowest BCUT2D eigenvalue weighted by atomic mass is 10.1. The summed E-state index contributed by atoms with van der Waals surface area (Å²) in [6.45, 7) is 4.48. The van der Waals surface area contributed by atoms with Crippen LogP contribution in [0.3, 0.4) is 0 Å². The molecule has 0 amide bonds. The number of benzene rings is 1. The van der Waals surface area contributed by atoms with Gasteiger partial charge in [0.2, 0.25) is 5.95 Å². The zero-order valence-electron chi connectivity index (χ0n) is 16.7. The van der Waals surface area contributed by atoms with Crippen molar-refractivity contribution in [2.75, 3.05) is 55.0 Å². The number of pyridine rings is 1. The Labute approximate surface area is 171 Å². The molecule has 0 unspecified atom stereocenters. The van der Waals surface area contributed by atoms with Gasteiger partial charge < -0.3 is 19.9 Å². The van der Waals surface area contributed by atoms with Crippen LogP contribution in [0.2, 0.25) is 0 Å². The van der Waals surface area contributed by atoms with Gasteiger partial charge in [-0.3, -0.25) is 0 Å². The number of piperazine rings is 1. The van der Waals surface area contributed by atoms with Gasteiger partial charge in [-0.1, -0.05) is 18.2 Å². The average molecular weight is 390 g/mol. The molecule has 3 aromatic rings. The molecule has 1 aromatic carbocycles. The third-order valence-corrected chi connectivity index (χ3v) is 5.07. The van der Waals surface area contributed by atoms with Crippen LogP contribution in [-0.4, -0.2) is 54.8 Å². The average Bonchev–Trinajstić information content (AvgIpc) is 2.80. The van der Waals surface area contributed by atoms with E-state index in [0.717, 1.165) is 56.5 Å². The Morgan fingerprint density at radius 3 is 2.31 bits per heavy atom. The molecule has 0 saturated carbocycles. The predicted octanol–water partition coefficient (Wildman–Crippen LogP) is 2.86. The van der Waals surface area contributed by atoms with Crippen molar-refractivity contribution in [2.24, 2.45) is 0 Å². The first-order chi connectivity index (χ1) is 14.3. The fraction of sp³-hybridized carbons (Fsp3) is 0.318. The number of nitrogens with zero attached hydrogens (tertiary/aromatic N) is 5. The van der Waals surface area contributed by atoms with Crippen LogP contribution in [0.25, 0.3) is 0 Å². The van der Waals surface area contributed by atoms with Crippen LogP contribution in [-0.2, 0) is 6.42 Å². The first-order valence-corrected chi connectivity index (χ1v) is 9.92. The number of hydrogen-bond donors (Lipinski definition) is 1.